The zero-order valence-corrected chi connectivity index (χ0v) is 9.85. The van der Waals surface area contributed by atoms with Crippen LogP contribution >= 0.6 is 0 Å². The van der Waals surface area contributed by atoms with Crippen molar-refractivity contribution < 1.29 is 28.4 Å². The molecular weight excluding hydrogens is 280 g/mol. The molecule has 0 aliphatic heterocycles. The normalized spacial score (nSPS) is 9.90. The van der Waals surface area contributed by atoms with Gasteiger partial charge in [-0.2, -0.15) is 4.39 Å². The number of carboxylic acid groups (broad SMARTS) is 1. The molecule has 1 aromatic rings. The fourth-order valence-corrected chi connectivity index (χ4v) is 1.30. The van der Waals surface area contributed by atoms with Crippen LogP contribution in [0.1, 0.15) is 0 Å². The van der Waals surface area contributed by atoms with E-state index in [1.807, 2.05) is 5.32 Å². The predicted molar refractivity (Wildman–Crippen MR) is 62.1 cm³/mol. The van der Waals surface area contributed by atoms with E-state index in [4.69, 9.17) is 5.11 Å². The molecule has 0 atom stereocenters. The van der Waals surface area contributed by atoms with Gasteiger partial charge in [-0.25, -0.2) is 4.39 Å². The maximum absolute atomic E-state index is 13.2. The Morgan fingerprint density at radius 3 is 2.50 bits per heavy atom. The molecule has 0 saturated heterocycles. The summed E-state index contributed by atoms with van der Waals surface area (Å²) in [5.41, 5.74) is -1.52. The molecule has 0 radical (unpaired) electrons. The molecule has 0 bridgehead atoms. The SMILES string of the molecule is O=C(O)CNC(=O)CNc1cc(F)cc(F)c1[N+](=O)[O-]. The number of hydrogen-bond acceptors (Lipinski definition) is 5. The molecule has 0 spiro atoms. The second-order valence-electron chi connectivity index (χ2n) is 3.56. The van der Waals surface area contributed by atoms with Crippen LogP contribution in [0.3, 0.4) is 0 Å². The minimum absolute atomic E-state index is 0.341. The summed E-state index contributed by atoms with van der Waals surface area (Å²) in [6, 6.07) is 1.000. The summed E-state index contributed by atoms with van der Waals surface area (Å²) in [6.07, 6.45) is 0. The van der Waals surface area contributed by atoms with E-state index >= 15 is 0 Å². The van der Waals surface area contributed by atoms with E-state index in [2.05, 4.69) is 5.32 Å². The number of rotatable bonds is 6. The number of halogens is 2. The van der Waals surface area contributed by atoms with E-state index in [9.17, 15) is 28.5 Å². The van der Waals surface area contributed by atoms with Crippen LogP contribution in [0, 0.1) is 21.7 Å². The first-order valence-electron chi connectivity index (χ1n) is 5.17. The maximum Gasteiger partial charge on any atom is 0.327 e. The summed E-state index contributed by atoms with van der Waals surface area (Å²) in [6.45, 7) is -1.21. The third-order valence-electron chi connectivity index (χ3n) is 2.09. The molecule has 0 saturated carbocycles. The van der Waals surface area contributed by atoms with Gasteiger partial charge >= 0.3 is 11.7 Å². The van der Waals surface area contributed by atoms with E-state index in [0.29, 0.717) is 12.1 Å². The number of aliphatic carboxylic acids is 1. The average Bonchev–Trinajstić information content (AvgIpc) is 2.32. The lowest BCUT2D eigenvalue weighted by Crippen LogP contribution is -2.34. The summed E-state index contributed by atoms with van der Waals surface area (Å²) in [7, 11) is 0. The molecule has 8 nitrogen and oxygen atoms in total. The monoisotopic (exact) mass is 289 g/mol. The maximum atomic E-state index is 13.2. The van der Waals surface area contributed by atoms with Crippen molar-refractivity contribution in [3.8, 4) is 0 Å². The van der Waals surface area contributed by atoms with Crippen molar-refractivity contribution in [3.05, 3.63) is 33.9 Å². The number of carbonyl (C=O) groups is 2. The van der Waals surface area contributed by atoms with E-state index in [1.165, 1.54) is 0 Å². The van der Waals surface area contributed by atoms with Crippen LogP contribution in [0.5, 0.6) is 0 Å². The largest absolute Gasteiger partial charge is 0.480 e. The highest BCUT2D eigenvalue weighted by molar-refractivity contribution is 5.84. The smallest absolute Gasteiger partial charge is 0.327 e. The minimum Gasteiger partial charge on any atom is -0.480 e. The summed E-state index contributed by atoms with van der Waals surface area (Å²) >= 11 is 0. The third-order valence-corrected chi connectivity index (χ3v) is 2.09. The Hall–Kier alpha value is -2.78. The molecule has 0 unspecified atom stereocenters. The van der Waals surface area contributed by atoms with Gasteiger partial charge < -0.3 is 15.7 Å². The summed E-state index contributed by atoms with van der Waals surface area (Å²) in [4.78, 5) is 30.9. The van der Waals surface area contributed by atoms with E-state index in [1.54, 1.807) is 0 Å². The summed E-state index contributed by atoms with van der Waals surface area (Å²) in [5, 5.41) is 23.1. The lowest BCUT2D eigenvalue weighted by molar-refractivity contribution is -0.386. The average molecular weight is 289 g/mol. The highest BCUT2D eigenvalue weighted by Gasteiger charge is 2.22. The van der Waals surface area contributed by atoms with Gasteiger partial charge in [-0.05, 0) is 0 Å². The topological polar surface area (TPSA) is 122 Å². The third kappa shape index (κ3) is 4.15. The van der Waals surface area contributed by atoms with Gasteiger partial charge in [-0.15, -0.1) is 0 Å². The van der Waals surface area contributed by atoms with Crippen molar-refractivity contribution in [1.82, 2.24) is 5.32 Å². The quantitative estimate of drug-likeness (QED) is 0.517. The number of anilines is 1. The van der Waals surface area contributed by atoms with Crippen molar-refractivity contribution in [2.24, 2.45) is 0 Å². The second kappa shape index (κ2) is 6.41. The Morgan fingerprint density at radius 2 is 1.95 bits per heavy atom. The molecule has 0 heterocycles. The molecule has 10 heteroatoms. The number of nitro groups is 1. The molecule has 108 valence electrons. The summed E-state index contributed by atoms with van der Waals surface area (Å²) < 4.78 is 26.2. The lowest BCUT2D eigenvalue weighted by Gasteiger charge is -2.07. The first-order valence-corrected chi connectivity index (χ1v) is 5.17. The highest BCUT2D eigenvalue weighted by Crippen LogP contribution is 2.28. The van der Waals surface area contributed by atoms with Crippen molar-refractivity contribution in [2.45, 2.75) is 0 Å². The van der Waals surface area contributed by atoms with Gasteiger partial charge in [0.1, 0.15) is 18.0 Å². The van der Waals surface area contributed by atoms with Gasteiger partial charge in [-0.3, -0.25) is 19.7 Å². The van der Waals surface area contributed by atoms with Crippen LogP contribution < -0.4 is 10.6 Å². The molecule has 20 heavy (non-hydrogen) atoms. The van der Waals surface area contributed by atoms with Gasteiger partial charge in [0.2, 0.25) is 11.7 Å². The van der Waals surface area contributed by atoms with Gasteiger partial charge in [0.25, 0.3) is 0 Å². The molecule has 0 aliphatic rings. The van der Waals surface area contributed by atoms with Crippen molar-refractivity contribution in [2.75, 3.05) is 18.4 Å². The van der Waals surface area contributed by atoms with Gasteiger partial charge in [0, 0.05) is 12.1 Å². The fraction of sp³-hybridized carbons (Fsp3) is 0.200. The Balaban J connectivity index is 2.79. The van der Waals surface area contributed by atoms with Crippen molar-refractivity contribution in [3.63, 3.8) is 0 Å². The number of amides is 1. The zero-order valence-electron chi connectivity index (χ0n) is 9.85. The molecule has 1 amide bonds. The molecule has 3 N–H and O–H groups in total. The number of hydrogen-bond donors (Lipinski definition) is 3. The Kier molecular flexibility index (Phi) is 4.89. The first kappa shape index (κ1) is 15.3. The second-order valence-corrected chi connectivity index (χ2v) is 3.56. The minimum atomic E-state index is -1.39. The lowest BCUT2D eigenvalue weighted by atomic mass is 10.2. The van der Waals surface area contributed by atoms with Gasteiger partial charge in [0.15, 0.2) is 0 Å². The number of nitrogens with one attached hydrogen (secondary N) is 2. The van der Waals surface area contributed by atoms with Crippen LogP contribution in [0.4, 0.5) is 20.2 Å². The van der Waals surface area contributed by atoms with Crippen molar-refractivity contribution in [1.29, 1.82) is 0 Å². The number of benzene rings is 1. The molecule has 0 fully saturated rings. The predicted octanol–water partition coefficient (Wildman–Crippen LogP) is 0.486. The number of carboxylic acids is 1. The van der Waals surface area contributed by atoms with E-state index in [0.717, 1.165) is 0 Å². The standard InChI is InChI=1S/C10H9F2N3O5/c11-5-1-6(12)10(15(19)20)7(2-5)13-3-8(16)14-4-9(17)18/h1-2,13H,3-4H2,(H,14,16)(H,17,18). The van der Waals surface area contributed by atoms with E-state index in [-0.39, 0.29) is 0 Å². The van der Waals surface area contributed by atoms with Crippen LogP contribution in [0.2, 0.25) is 0 Å². The van der Waals surface area contributed by atoms with Crippen LogP contribution in [-0.2, 0) is 9.59 Å². The van der Waals surface area contributed by atoms with Crippen LogP contribution in [0.15, 0.2) is 12.1 Å². The zero-order chi connectivity index (χ0) is 15.3. The summed E-state index contributed by atoms with van der Waals surface area (Å²) in [5.74, 6) is -4.52. The van der Waals surface area contributed by atoms with Gasteiger partial charge in [0.05, 0.1) is 11.5 Å². The fourth-order valence-electron chi connectivity index (χ4n) is 1.30. The molecule has 0 aromatic heterocycles. The van der Waals surface area contributed by atoms with Crippen LogP contribution in [0.25, 0.3) is 0 Å². The Labute approximate surface area is 110 Å². The van der Waals surface area contributed by atoms with Crippen LogP contribution in [-0.4, -0.2) is 35.0 Å². The number of carbonyl (C=O) groups excluding carboxylic acids is 1. The Bertz CT molecular complexity index is 564. The first-order chi connectivity index (χ1) is 9.31. The molecular formula is C10H9F2N3O5. The number of nitro benzene ring substituents is 1. The van der Waals surface area contributed by atoms with Gasteiger partial charge in [-0.1, -0.05) is 0 Å². The van der Waals surface area contributed by atoms with Crippen molar-refractivity contribution >= 4 is 23.3 Å². The number of nitrogens with zero attached hydrogens (tertiary/aromatic N) is 1. The molecule has 0 aliphatic carbocycles. The molecule has 1 aromatic carbocycles. The molecule has 1 rings (SSSR count). The highest BCUT2D eigenvalue weighted by atomic mass is 19.1. The Morgan fingerprint density at radius 1 is 1.30 bits per heavy atom. The van der Waals surface area contributed by atoms with E-state index < -0.39 is 52.9 Å².